The highest BCUT2D eigenvalue weighted by Crippen LogP contribution is 2.39. The van der Waals surface area contributed by atoms with Crippen molar-refractivity contribution in [3.63, 3.8) is 0 Å². The quantitative estimate of drug-likeness (QED) is 0.0616. The van der Waals surface area contributed by atoms with Crippen LogP contribution < -0.4 is 4.90 Å². The fourth-order valence-corrected chi connectivity index (χ4v) is 7.51. The topological polar surface area (TPSA) is 64.3 Å². The normalized spacial score (nSPS) is 11.4. The molecule has 0 aliphatic heterocycles. The van der Waals surface area contributed by atoms with E-state index in [1.807, 2.05) is 36.4 Å². The Hall–Kier alpha value is -5.96. The summed E-state index contributed by atoms with van der Waals surface area (Å²) in [5.41, 5.74) is 9.54. The zero-order valence-electron chi connectivity index (χ0n) is 30.1. The first-order valence-electron chi connectivity index (χ1n) is 18.4. The number of thiophene rings is 1. The van der Waals surface area contributed by atoms with Gasteiger partial charge in [0.2, 0.25) is 0 Å². The molecule has 6 rings (SSSR count). The van der Waals surface area contributed by atoms with Gasteiger partial charge in [-0.25, -0.2) is 4.79 Å². The van der Waals surface area contributed by atoms with Crippen LogP contribution >= 0.6 is 11.3 Å². The number of nitriles is 1. The first-order valence-corrected chi connectivity index (χ1v) is 19.2. The number of carboxylic acid groups (broad SMARTS) is 1. The van der Waals surface area contributed by atoms with Crippen molar-refractivity contribution in [3.05, 3.63) is 167 Å². The van der Waals surface area contributed by atoms with E-state index in [1.165, 1.54) is 61.3 Å². The zero-order chi connectivity index (χ0) is 36.8. The molecule has 5 heteroatoms. The van der Waals surface area contributed by atoms with Crippen molar-refractivity contribution < 1.29 is 9.90 Å². The molecular weight excluding hydrogens is 669 g/mol. The van der Waals surface area contributed by atoms with Crippen molar-refractivity contribution in [2.45, 2.75) is 51.9 Å². The number of hydrogen-bond acceptors (Lipinski definition) is 4. The molecule has 0 atom stereocenters. The van der Waals surface area contributed by atoms with Gasteiger partial charge in [-0.2, -0.15) is 5.26 Å². The summed E-state index contributed by atoms with van der Waals surface area (Å²) in [6.07, 6.45) is 14.6. The van der Waals surface area contributed by atoms with Gasteiger partial charge in [0, 0.05) is 32.4 Å². The van der Waals surface area contributed by atoms with Gasteiger partial charge in [-0.15, -0.1) is 11.3 Å². The number of para-hydroxylation sites is 2. The standard InChI is InChI=1S/C48H44N2O2S/c1-2-3-4-5-6-9-14-36-19-26-39(27-20-36)45-34-47(40-28-21-38(22-29-40)33-41(35-49)48(51)52)53-46(45)32-25-37-23-30-44(31-24-37)50(42-15-10-7-11-16-42)43-17-12-8-13-18-43/h7-8,10-13,15-34H,2-6,9,14H2,1H3,(H,51,52). The van der Waals surface area contributed by atoms with Crippen LogP contribution in [0.4, 0.5) is 17.1 Å². The van der Waals surface area contributed by atoms with E-state index < -0.39 is 5.97 Å². The molecule has 1 N–H and O–H groups in total. The molecule has 0 spiro atoms. The van der Waals surface area contributed by atoms with Crippen LogP contribution in [0.2, 0.25) is 0 Å². The molecule has 0 unspecified atom stereocenters. The lowest BCUT2D eigenvalue weighted by atomic mass is 10.00. The summed E-state index contributed by atoms with van der Waals surface area (Å²) >= 11 is 1.73. The number of carboxylic acids is 1. The van der Waals surface area contributed by atoms with E-state index in [9.17, 15) is 15.2 Å². The van der Waals surface area contributed by atoms with Crippen molar-refractivity contribution in [3.8, 4) is 27.6 Å². The Morgan fingerprint density at radius 2 is 1.25 bits per heavy atom. The lowest BCUT2D eigenvalue weighted by Crippen LogP contribution is -2.09. The minimum atomic E-state index is -1.23. The van der Waals surface area contributed by atoms with Crippen molar-refractivity contribution in [2.24, 2.45) is 0 Å². The van der Waals surface area contributed by atoms with Crippen molar-refractivity contribution in [2.75, 3.05) is 4.90 Å². The fraction of sp³-hybridized carbons (Fsp3) is 0.167. The molecule has 4 nitrogen and oxygen atoms in total. The summed E-state index contributed by atoms with van der Waals surface area (Å²) in [6, 6.07) is 50.2. The molecule has 0 saturated heterocycles. The van der Waals surface area contributed by atoms with Crippen LogP contribution in [0.3, 0.4) is 0 Å². The van der Waals surface area contributed by atoms with E-state index in [0.717, 1.165) is 44.4 Å². The third-order valence-corrected chi connectivity index (χ3v) is 10.5. The third kappa shape index (κ3) is 9.89. The van der Waals surface area contributed by atoms with Crippen molar-refractivity contribution in [1.29, 1.82) is 5.26 Å². The van der Waals surface area contributed by atoms with Crippen LogP contribution in [0.5, 0.6) is 0 Å². The second-order valence-electron chi connectivity index (χ2n) is 13.1. The molecule has 0 bridgehead atoms. The highest BCUT2D eigenvalue weighted by molar-refractivity contribution is 7.17. The largest absolute Gasteiger partial charge is 0.477 e. The fourth-order valence-electron chi connectivity index (χ4n) is 6.42. The predicted molar refractivity (Wildman–Crippen MR) is 224 cm³/mol. The second kappa shape index (κ2) is 18.5. The monoisotopic (exact) mass is 712 g/mol. The van der Waals surface area contributed by atoms with E-state index >= 15 is 0 Å². The van der Waals surface area contributed by atoms with Gasteiger partial charge in [0.25, 0.3) is 0 Å². The maximum Gasteiger partial charge on any atom is 0.346 e. The van der Waals surface area contributed by atoms with Gasteiger partial charge in [-0.05, 0) is 95.3 Å². The van der Waals surface area contributed by atoms with E-state index in [-0.39, 0.29) is 5.57 Å². The number of rotatable bonds is 16. The smallest absolute Gasteiger partial charge is 0.346 e. The zero-order valence-corrected chi connectivity index (χ0v) is 30.9. The van der Waals surface area contributed by atoms with Gasteiger partial charge in [0.1, 0.15) is 11.6 Å². The minimum Gasteiger partial charge on any atom is -0.477 e. The molecule has 0 amide bonds. The molecule has 1 aromatic heterocycles. The molecule has 6 aromatic rings. The Kier molecular flexibility index (Phi) is 12.9. The number of aryl methyl sites for hydroxylation is 1. The SMILES string of the molecule is CCCCCCCCc1ccc(-c2cc(-c3ccc(C=C(C#N)C(=O)O)cc3)sc2C=Cc2ccc(N(c3ccccc3)c3ccccc3)cc2)cc1. The van der Waals surface area contributed by atoms with Gasteiger partial charge < -0.3 is 10.0 Å². The molecule has 264 valence electrons. The lowest BCUT2D eigenvalue weighted by molar-refractivity contribution is -0.132. The van der Waals surface area contributed by atoms with Crippen molar-refractivity contribution >= 4 is 52.6 Å². The number of hydrogen-bond donors (Lipinski definition) is 1. The van der Waals surface area contributed by atoms with Gasteiger partial charge in [-0.3, -0.25) is 0 Å². The van der Waals surface area contributed by atoms with Gasteiger partial charge >= 0.3 is 5.97 Å². The summed E-state index contributed by atoms with van der Waals surface area (Å²) < 4.78 is 0. The molecule has 0 fully saturated rings. The predicted octanol–water partition coefficient (Wildman–Crippen LogP) is 13.6. The van der Waals surface area contributed by atoms with Crippen LogP contribution in [0.1, 0.15) is 67.0 Å². The van der Waals surface area contributed by atoms with E-state index in [0.29, 0.717) is 5.56 Å². The molecule has 5 aromatic carbocycles. The van der Waals surface area contributed by atoms with Crippen LogP contribution in [0.25, 0.3) is 39.8 Å². The first-order chi connectivity index (χ1) is 26.0. The molecule has 1 heterocycles. The summed E-state index contributed by atoms with van der Waals surface area (Å²) in [5, 5.41) is 18.5. The average Bonchev–Trinajstić information content (AvgIpc) is 3.63. The van der Waals surface area contributed by atoms with Crippen molar-refractivity contribution in [1.82, 2.24) is 0 Å². The highest BCUT2D eigenvalue weighted by atomic mass is 32.1. The maximum atomic E-state index is 11.4. The maximum absolute atomic E-state index is 11.4. The number of aliphatic carboxylic acids is 1. The Bertz CT molecular complexity index is 2140. The van der Waals surface area contributed by atoms with Gasteiger partial charge in [0.05, 0.1) is 0 Å². The summed E-state index contributed by atoms with van der Waals surface area (Å²) in [5.74, 6) is -1.23. The highest BCUT2D eigenvalue weighted by Gasteiger charge is 2.14. The van der Waals surface area contributed by atoms with Crippen LogP contribution in [-0.2, 0) is 11.2 Å². The van der Waals surface area contributed by atoms with E-state index in [1.54, 1.807) is 17.4 Å². The number of anilines is 3. The molecule has 0 aliphatic carbocycles. The Morgan fingerprint density at radius 3 is 1.85 bits per heavy atom. The molecule has 0 aliphatic rings. The second-order valence-corrected chi connectivity index (χ2v) is 14.2. The summed E-state index contributed by atoms with van der Waals surface area (Å²) in [7, 11) is 0. The molecule has 53 heavy (non-hydrogen) atoms. The Labute approximate surface area is 317 Å². The van der Waals surface area contributed by atoms with Gasteiger partial charge in [0.15, 0.2) is 0 Å². The van der Waals surface area contributed by atoms with E-state index in [2.05, 4.69) is 127 Å². The van der Waals surface area contributed by atoms with Crippen LogP contribution in [0.15, 0.2) is 145 Å². The first kappa shape index (κ1) is 36.8. The average molecular weight is 713 g/mol. The lowest BCUT2D eigenvalue weighted by Gasteiger charge is -2.25. The van der Waals surface area contributed by atoms with E-state index in [4.69, 9.17) is 0 Å². The Morgan fingerprint density at radius 1 is 0.679 bits per heavy atom. The van der Waals surface area contributed by atoms with Crippen LogP contribution in [0, 0.1) is 11.3 Å². The molecule has 0 saturated carbocycles. The minimum absolute atomic E-state index is 0.288. The number of nitrogens with zero attached hydrogens (tertiary/aromatic N) is 2. The van der Waals surface area contributed by atoms with Gasteiger partial charge in [-0.1, -0.05) is 142 Å². The number of benzene rings is 5. The Balaban J connectivity index is 1.27. The summed E-state index contributed by atoms with van der Waals surface area (Å²) in [6.45, 7) is 2.26. The number of carbonyl (C=O) groups is 1. The third-order valence-electron chi connectivity index (χ3n) is 9.31. The van der Waals surface area contributed by atoms with Crippen LogP contribution in [-0.4, -0.2) is 11.1 Å². The molecule has 0 radical (unpaired) electrons. The summed E-state index contributed by atoms with van der Waals surface area (Å²) in [4.78, 5) is 15.9. The molecular formula is C48H44N2O2S. The number of unbranched alkanes of at least 4 members (excludes halogenated alkanes) is 5.